The number of amides is 1. The molecule has 0 aliphatic rings. The van der Waals surface area contributed by atoms with Gasteiger partial charge in [0.2, 0.25) is 0 Å². The molecule has 1 N–H and O–H groups in total. The molecular formula is C27H29N3O. The molecule has 4 nitrogen and oxygen atoms in total. The van der Waals surface area contributed by atoms with Crippen LogP contribution in [0.3, 0.4) is 0 Å². The monoisotopic (exact) mass is 411 g/mol. The molecule has 158 valence electrons. The van der Waals surface area contributed by atoms with E-state index in [9.17, 15) is 10.1 Å². The fourth-order valence-corrected chi connectivity index (χ4v) is 3.58. The number of rotatable bonds is 4. The lowest BCUT2D eigenvalue weighted by molar-refractivity contribution is -0.112. The van der Waals surface area contributed by atoms with Crippen molar-refractivity contribution in [1.82, 2.24) is 4.57 Å². The van der Waals surface area contributed by atoms with E-state index < -0.39 is 5.91 Å². The molecule has 4 heteroatoms. The van der Waals surface area contributed by atoms with Crippen molar-refractivity contribution in [2.45, 2.75) is 47.0 Å². The van der Waals surface area contributed by atoms with Crippen LogP contribution in [0, 0.1) is 32.1 Å². The molecule has 0 aliphatic heterocycles. The molecule has 0 saturated heterocycles. The molecule has 0 bridgehead atoms. The minimum Gasteiger partial charge on any atom is -0.321 e. The lowest BCUT2D eigenvalue weighted by atomic mass is 9.87. The van der Waals surface area contributed by atoms with Gasteiger partial charge in [-0.2, -0.15) is 5.26 Å². The van der Waals surface area contributed by atoms with Crippen LogP contribution in [0.25, 0.3) is 11.8 Å². The minimum atomic E-state index is -0.411. The van der Waals surface area contributed by atoms with Crippen molar-refractivity contribution in [3.63, 3.8) is 0 Å². The van der Waals surface area contributed by atoms with Crippen molar-refractivity contribution in [3.8, 4) is 11.8 Å². The second-order valence-electron chi connectivity index (χ2n) is 8.95. The predicted octanol–water partition coefficient (Wildman–Crippen LogP) is 6.25. The highest BCUT2D eigenvalue weighted by atomic mass is 16.1. The number of hydrogen-bond donors (Lipinski definition) is 1. The maximum atomic E-state index is 12.6. The second-order valence-corrected chi connectivity index (χ2v) is 8.95. The first kappa shape index (κ1) is 22.1. The molecule has 0 unspecified atom stereocenters. The molecular weight excluding hydrogens is 382 g/mol. The van der Waals surface area contributed by atoms with Gasteiger partial charge in [-0.15, -0.1) is 0 Å². The molecule has 0 aliphatic carbocycles. The summed E-state index contributed by atoms with van der Waals surface area (Å²) < 4.78 is 2.14. The Morgan fingerprint density at radius 1 is 1.00 bits per heavy atom. The molecule has 1 heterocycles. The molecule has 0 saturated carbocycles. The van der Waals surface area contributed by atoms with Gasteiger partial charge in [0.05, 0.1) is 0 Å². The van der Waals surface area contributed by atoms with E-state index >= 15 is 0 Å². The third-order valence-electron chi connectivity index (χ3n) is 5.44. The van der Waals surface area contributed by atoms with Crippen LogP contribution < -0.4 is 5.32 Å². The third kappa shape index (κ3) is 4.95. The lowest BCUT2D eigenvalue weighted by Crippen LogP contribution is -2.13. The van der Waals surface area contributed by atoms with Gasteiger partial charge in [0, 0.05) is 22.8 Å². The Labute approximate surface area is 184 Å². The van der Waals surface area contributed by atoms with Gasteiger partial charge in [-0.3, -0.25) is 4.79 Å². The Kier molecular flexibility index (Phi) is 6.17. The quantitative estimate of drug-likeness (QED) is 0.408. The van der Waals surface area contributed by atoms with Crippen LogP contribution in [0.5, 0.6) is 0 Å². The van der Waals surface area contributed by atoms with E-state index in [0.29, 0.717) is 5.69 Å². The van der Waals surface area contributed by atoms with E-state index in [0.717, 1.165) is 28.2 Å². The highest BCUT2D eigenvalue weighted by molar-refractivity contribution is 6.09. The summed E-state index contributed by atoms with van der Waals surface area (Å²) in [5, 5.41) is 12.4. The number of carbonyl (C=O) groups is 1. The van der Waals surface area contributed by atoms with E-state index in [4.69, 9.17) is 0 Å². The molecule has 3 rings (SSSR count). The van der Waals surface area contributed by atoms with Crippen molar-refractivity contribution in [2.24, 2.45) is 0 Å². The highest BCUT2D eigenvalue weighted by Crippen LogP contribution is 2.27. The van der Waals surface area contributed by atoms with Crippen LogP contribution >= 0.6 is 0 Å². The summed E-state index contributed by atoms with van der Waals surface area (Å²) in [6.45, 7) is 12.6. The normalized spacial score (nSPS) is 11.8. The van der Waals surface area contributed by atoms with Crippen molar-refractivity contribution >= 4 is 17.7 Å². The van der Waals surface area contributed by atoms with E-state index in [1.54, 1.807) is 6.08 Å². The van der Waals surface area contributed by atoms with Crippen LogP contribution in [0.4, 0.5) is 5.69 Å². The Balaban J connectivity index is 1.91. The zero-order valence-electron chi connectivity index (χ0n) is 19.1. The minimum absolute atomic E-state index is 0.0731. The first-order valence-electron chi connectivity index (χ1n) is 10.4. The van der Waals surface area contributed by atoms with E-state index in [-0.39, 0.29) is 11.0 Å². The van der Waals surface area contributed by atoms with Crippen molar-refractivity contribution < 1.29 is 4.79 Å². The largest absolute Gasteiger partial charge is 0.321 e. The first-order chi connectivity index (χ1) is 14.6. The number of aromatic nitrogens is 1. The summed E-state index contributed by atoms with van der Waals surface area (Å²) in [7, 11) is 0. The Morgan fingerprint density at radius 3 is 2.16 bits per heavy atom. The topological polar surface area (TPSA) is 57.8 Å². The number of hydrogen-bond acceptors (Lipinski definition) is 2. The highest BCUT2D eigenvalue weighted by Gasteiger charge is 2.16. The van der Waals surface area contributed by atoms with Gasteiger partial charge in [0.1, 0.15) is 11.6 Å². The summed E-state index contributed by atoms with van der Waals surface area (Å²) in [4.78, 5) is 12.6. The molecule has 3 aromatic rings. The predicted molar refractivity (Wildman–Crippen MR) is 127 cm³/mol. The van der Waals surface area contributed by atoms with Crippen LogP contribution in [0.15, 0.2) is 60.2 Å². The third-order valence-corrected chi connectivity index (χ3v) is 5.44. The summed E-state index contributed by atoms with van der Waals surface area (Å²) in [6, 6.07) is 20.1. The van der Waals surface area contributed by atoms with Gasteiger partial charge < -0.3 is 9.88 Å². The van der Waals surface area contributed by atoms with E-state index in [1.165, 1.54) is 5.56 Å². The fourth-order valence-electron chi connectivity index (χ4n) is 3.58. The SMILES string of the molecule is Cc1ccc(NC(=O)C(C#N)=Cc2cc(C)n(-c3ccc(C(C)(C)C)cc3)c2C)cc1. The molecule has 0 atom stereocenters. The van der Waals surface area contributed by atoms with Crippen molar-refractivity contribution in [3.05, 3.63) is 88.2 Å². The molecule has 0 fully saturated rings. The van der Waals surface area contributed by atoms with E-state index in [1.807, 2.05) is 57.2 Å². The maximum absolute atomic E-state index is 12.6. The van der Waals surface area contributed by atoms with Crippen LogP contribution in [-0.4, -0.2) is 10.5 Å². The Bertz CT molecular complexity index is 1170. The number of anilines is 1. The van der Waals surface area contributed by atoms with Gasteiger partial charge >= 0.3 is 0 Å². The molecule has 31 heavy (non-hydrogen) atoms. The van der Waals surface area contributed by atoms with E-state index in [2.05, 4.69) is 54.9 Å². The molecule has 0 spiro atoms. The van der Waals surface area contributed by atoms with Crippen molar-refractivity contribution in [2.75, 3.05) is 5.32 Å². The van der Waals surface area contributed by atoms with Gasteiger partial charge in [0.25, 0.3) is 5.91 Å². The number of nitrogens with zero attached hydrogens (tertiary/aromatic N) is 2. The average Bonchev–Trinajstić information content (AvgIpc) is 3.00. The molecule has 2 aromatic carbocycles. The van der Waals surface area contributed by atoms with Crippen LogP contribution in [0.1, 0.15) is 48.8 Å². The Hall–Kier alpha value is -3.58. The van der Waals surface area contributed by atoms with Crippen LogP contribution in [0.2, 0.25) is 0 Å². The van der Waals surface area contributed by atoms with Gasteiger partial charge in [-0.25, -0.2) is 0 Å². The zero-order chi connectivity index (χ0) is 22.8. The molecule has 1 amide bonds. The Morgan fingerprint density at radius 2 is 1.61 bits per heavy atom. The van der Waals surface area contributed by atoms with Gasteiger partial charge in [-0.05, 0) is 73.7 Å². The van der Waals surface area contributed by atoms with Gasteiger partial charge in [-0.1, -0.05) is 50.6 Å². The summed E-state index contributed by atoms with van der Waals surface area (Å²) in [6.07, 6.45) is 1.66. The second kappa shape index (κ2) is 8.65. The summed E-state index contributed by atoms with van der Waals surface area (Å²) in [5.41, 5.74) is 7.17. The van der Waals surface area contributed by atoms with Crippen molar-refractivity contribution in [1.29, 1.82) is 5.26 Å². The molecule has 0 radical (unpaired) electrons. The maximum Gasteiger partial charge on any atom is 0.266 e. The summed E-state index contributed by atoms with van der Waals surface area (Å²) >= 11 is 0. The number of nitrogens with one attached hydrogen (secondary N) is 1. The number of aryl methyl sites for hydroxylation is 2. The average molecular weight is 412 g/mol. The molecule has 1 aromatic heterocycles. The smallest absolute Gasteiger partial charge is 0.266 e. The zero-order valence-corrected chi connectivity index (χ0v) is 19.1. The van der Waals surface area contributed by atoms with Gasteiger partial charge in [0.15, 0.2) is 0 Å². The fraction of sp³-hybridized carbons (Fsp3) is 0.259. The first-order valence-corrected chi connectivity index (χ1v) is 10.4. The summed E-state index contributed by atoms with van der Waals surface area (Å²) in [5.74, 6) is -0.411. The number of nitriles is 1. The standard InChI is InChI=1S/C27H29N3O/c1-18-7-11-24(12-8-18)29-26(31)22(17-28)16-21-15-19(2)30(20(21)3)25-13-9-23(10-14-25)27(4,5)6/h7-16H,1-6H3,(H,29,31). The van der Waals surface area contributed by atoms with Crippen LogP contribution in [-0.2, 0) is 10.2 Å². The number of carbonyl (C=O) groups excluding carboxylic acids is 1. The lowest BCUT2D eigenvalue weighted by Gasteiger charge is -2.20. The number of benzene rings is 2.